The lowest BCUT2D eigenvalue weighted by molar-refractivity contribution is 0.301. The minimum Gasteiger partial charge on any atom is -0.361 e. The van der Waals surface area contributed by atoms with Crippen molar-refractivity contribution < 1.29 is 0 Å². The lowest BCUT2D eigenvalue weighted by Gasteiger charge is -2.36. The Morgan fingerprint density at radius 3 is 2.71 bits per heavy atom. The maximum Gasteiger partial charge on any atom is 0.0456 e. The molecule has 0 bridgehead atoms. The zero-order valence-electron chi connectivity index (χ0n) is 10.2. The number of aromatic nitrogens is 1. The Bertz CT molecular complexity index is 506. The summed E-state index contributed by atoms with van der Waals surface area (Å²) in [7, 11) is 0. The van der Waals surface area contributed by atoms with Crippen LogP contribution < -0.4 is 5.73 Å². The number of fused-ring (bicyclic) bond motifs is 1. The van der Waals surface area contributed by atoms with Gasteiger partial charge in [-0.25, -0.2) is 0 Å². The first-order chi connectivity index (χ1) is 8.34. The Balaban J connectivity index is 2.04. The Morgan fingerprint density at radius 2 is 1.94 bits per heavy atom. The van der Waals surface area contributed by atoms with Crippen molar-refractivity contribution in [2.75, 3.05) is 6.54 Å². The van der Waals surface area contributed by atoms with E-state index in [4.69, 9.17) is 5.73 Å². The van der Waals surface area contributed by atoms with Crippen molar-refractivity contribution in [1.82, 2.24) is 4.98 Å². The van der Waals surface area contributed by atoms with Gasteiger partial charge in [0.05, 0.1) is 0 Å². The summed E-state index contributed by atoms with van der Waals surface area (Å²) in [4.78, 5) is 3.30. The number of rotatable bonds is 2. The van der Waals surface area contributed by atoms with E-state index in [1.54, 1.807) is 0 Å². The first-order valence-electron chi connectivity index (χ1n) is 6.62. The van der Waals surface area contributed by atoms with Gasteiger partial charge in [-0.05, 0) is 35.9 Å². The highest BCUT2D eigenvalue weighted by Gasteiger charge is 2.32. The number of benzene rings is 1. The van der Waals surface area contributed by atoms with E-state index in [1.165, 1.54) is 48.6 Å². The molecule has 1 aromatic carbocycles. The van der Waals surface area contributed by atoms with Crippen LogP contribution in [0.2, 0.25) is 0 Å². The monoisotopic (exact) mass is 228 g/mol. The van der Waals surface area contributed by atoms with Gasteiger partial charge in [-0.15, -0.1) is 0 Å². The van der Waals surface area contributed by atoms with Gasteiger partial charge in [0, 0.05) is 23.7 Å². The highest BCUT2D eigenvalue weighted by atomic mass is 14.7. The molecule has 1 aliphatic rings. The summed E-state index contributed by atoms with van der Waals surface area (Å²) in [5, 5.41) is 1.29. The number of hydrogen-bond donors (Lipinski definition) is 2. The summed E-state index contributed by atoms with van der Waals surface area (Å²) < 4.78 is 0. The molecule has 1 aliphatic carbocycles. The molecule has 2 heteroatoms. The van der Waals surface area contributed by atoms with Gasteiger partial charge in [0.2, 0.25) is 0 Å². The van der Waals surface area contributed by atoms with E-state index in [1.807, 2.05) is 6.20 Å². The van der Waals surface area contributed by atoms with Crippen LogP contribution in [0.3, 0.4) is 0 Å². The van der Waals surface area contributed by atoms with Crippen LogP contribution >= 0.6 is 0 Å². The highest BCUT2D eigenvalue weighted by molar-refractivity contribution is 5.80. The predicted octanol–water partition coefficient (Wildman–Crippen LogP) is 3.33. The molecule has 0 amide bonds. The fourth-order valence-corrected chi connectivity index (χ4v) is 3.22. The molecule has 1 heterocycles. The van der Waals surface area contributed by atoms with Crippen molar-refractivity contribution in [3.8, 4) is 0 Å². The molecule has 0 saturated heterocycles. The number of aromatic amines is 1. The van der Waals surface area contributed by atoms with Crippen LogP contribution in [-0.4, -0.2) is 11.5 Å². The first-order valence-corrected chi connectivity index (χ1v) is 6.62. The zero-order valence-corrected chi connectivity index (χ0v) is 10.2. The Morgan fingerprint density at radius 1 is 1.12 bits per heavy atom. The molecule has 0 radical (unpaired) electrons. The largest absolute Gasteiger partial charge is 0.361 e. The van der Waals surface area contributed by atoms with Gasteiger partial charge in [-0.1, -0.05) is 31.4 Å². The molecule has 1 aromatic heterocycles. The first kappa shape index (κ1) is 10.8. The van der Waals surface area contributed by atoms with E-state index in [2.05, 4.69) is 29.2 Å². The van der Waals surface area contributed by atoms with Crippen molar-refractivity contribution in [2.24, 2.45) is 5.73 Å². The molecule has 0 aliphatic heterocycles. The molecular formula is C15H20N2. The van der Waals surface area contributed by atoms with Crippen molar-refractivity contribution in [1.29, 1.82) is 0 Å². The summed E-state index contributed by atoms with van der Waals surface area (Å²) in [5.74, 6) is 0. The van der Waals surface area contributed by atoms with Crippen LogP contribution in [0, 0.1) is 0 Å². The minimum absolute atomic E-state index is 0.234. The number of nitrogens with one attached hydrogen (secondary N) is 1. The van der Waals surface area contributed by atoms with E-state index in [9.17, 15) is 0 Å². The maximum absolute atomic E-state index is 6.08. The fraction of sp³-hybridized carbons (Fsp3) is 0.467. The second kappa shape index (κ2) is 4.19. The van der Waals surface area contributed by atoms with Gasteiger partial charge < -0.3 is 10.7 Å². The Kier molecular flexibility index (Phi) is 2.67. The highest BCUT2D eigenvalue weighted by Crippen LogP contribution is 2.39. The second-order valence-electron chi connectivity index (χ2n) is 5.32. The van der Waals surface area contributed by atoms with Gasteiger partial charge in [0.1, 0.15) is 0 Å². The van der Waals surface area contributed by atoms with E-state index in [0.29, 0.717) is 0 Å². The summed E-state index contributed by atoms with van der Waals surface area (Å²) >= 11 is 0. The third-order valence-electron chi connectivity index (χ3n) is 4.37. The quantitative estimate of drug-likeness (QED) is 0.813. The van der Waals surface area contributed by atoms with Gasteiger partial charge in [-0.2, -0.15) is 0 Å². The smallest absolute Gasteiger partial charge is 0.0456 e. The average Bonchev–Trinajstić information content (AvgIpc) is 2.86. The number of nitrogens with two attached hydrogens (primary N) is 1. The normalized spacial score (nSPS) is 19.6. The maximum atomic E-state index is 6.08. The fourth-order valence-electron chi connectivity index (χ4n) is 3.22. The molecule has 0 unspecified atom stereocenters. The Labute approximate surface area is 102 Å². The van der Waals surface area contributed by atoms with Gasteiger partial charge in [0.15, 0.2) is 0 Å². The number of hydrogen-bond acceptors (Lipinski definition) is 1. The summed E-state index contributed by atoms with van der Waals surface area (Å²) in [6.07, 6.45) is 8.50. The number of H-pyrrole nitrogens is 1. The summed E-state index contributed by atoms with van der Waals surface area (Å²) in [6.45, 7) is 0.777. The van der Waals surface area contributed by atoms with E-state index in [-0.39, 0.29) is 5.41 Å². The SMILES string of the molecule is NCC1(c2ccc3cc[nH]c3c2)CCCCC1. The van der Waals surface area contributed by atoms with Gasteiger partial charge in [0.25, 0.3) is 0 Å². The van der Waals surface area contributed by atoms with Crippen LogP contribution in [0.5, 0.6) is 0 Å². The van der Waals surface area contributed by atoms with E-state index >= 15 is 0 Å². The average molecular weight is 228 g/mol. The molecule has 90 valence electrons. The molecule has 17 heavy (non-hydrogen) atoms. The van der Waals surface area contributed by atoms with Crippen LogP contribution in [0.15, 0.2) is 30.5 Å². The Hall–Kier alpha value is -1.28. The second-order valence-corrected chi connectivity index (χ2v) is 5.32. The van der Waals surface area contributed by atoms with E-state index in [0.717, 1.165) is 6.54 Å². The third-order valence-corrected chi connectivity index (χ3v) is 4.37. The lowest BCUT2D eigenvalue weighted by atomic mass is 9.69. The standard InChI is InChI=1S/C15H20N2/c16-11-15(7-2-1-3-8-15)13-5-4-12-6-9-17-14(12)10-13/h4-6,9-10,17H,1-3,7-8,11,16H2. The van der Waals surface area contributed by atoms with Crippen LogP contribution in [0.1, 0.15) is 37.7 Å². The molecule has 2 nitrogen and oxygen atoms in total. The van der Waals surface area contributed by atoms with E-state index < -0.39 is 0 Å². The van der Waals surface area contributed by atoms with Crippen molar-refractivity contribution in [3.05, 3.63) is 36.0 Å². The molecular weight excluding hydrogens is 208 g/mol. The molecule has 0 atom stereocenters. The summed E-state index contributed by atoms with van der Waals surface area (Å²) in [5.41, 5.74) is 8.98. The molecule has 3 N–H and O–H groups in total. The van der Waals surface area contributed by atoms with Crippen LogP contribution in [0.4, 0.5) is 0 Å². The molecule has 0 spiro atoms. The molecule has 1 fully saturated rings. The topological polar surface area (TPSA) is 41.8 Å². The van der Waals surface area contributed by atoms with Crippen LogP contribution in [-0.2, 0) is 5.41 Å². The van der Waals surface area contributed by atoms with Crippen molar-refractivity contribution in [3.63, 3.8) is 0 Å². The zero-order chi connectivity index (χ0) is 11.7. The van der Waals surface area contributed by atoms with Crippen LogP contribution in [0.25, 0.3) is 10.9 Å². The third kappa shape index (κ3) is 1.77. The predicted molar refractivity (Wildman–Crippen MR) is 72.1 cm³/mol. The van der Waals surface area contributed by atoms with Gasteiger partial charge in [-0.3, -0.25) is 0 Å². The lowest BCUT2D eigenvalue weighted by Crippen LogP contribution is -2.37. The van der Waals surface area contributed by atoms with Crippen molar-refractivity contribution in [2.45, 2.75) is 37.5 Å². The minimum atomic E-state index is 0.234. The van der Waals surface area contributed by atoms with Gasteiger partial charge >= 0.3 is 0 Å². The molecule has 2 aromatic rings. The molecule has 3 rings (SSSR count). The molecule has 1 saturated carbocycles. The summed E-state index contributed by atoms with van der Waals surface area (Å²) in [6, 6.07) is 8.91. The van der Waals surface area contributed by atoms with Crippen molar-refractivity contribution >= 4 is 10.9 Å².